The van der Waals surface area contributed by atoms with E-state index in [1.165, 1.54) is 0 Å². The van der Waals surface area contributed by atoms with Crippen LogP contribution in [-0.2, 0) is 4.79 Å². The number of Topliss-reactive ketones (excluding diaryl/α,β-unsaturated/α-hetero) is 1. The first-order valence-electron chi connectivity index (χ1n) is 3.51. The zero-order chi connectivity index (χ0) is 8.43. The first kappa shape index (κ1) is 8.03. The van der Waals surface area contributed by atoms with Crippen LogP contribution in [0.5, 0.6) is 0 Å². The summed E-state index contributed by atoms with van der Waals surface area (Å²) in [6.07, 6.45) is 5.03. The van der Waals surface area contributed by atoms with E-state index >= 15 is 0 Å². The van der Waals surface area contributed by atoms with Crippen molar-refractivity contribution in [2.75, 3.05) is 0 Å². The smallest absolute Gasteiger partial charge is 0.162 e. The molecule has 58 valence electrons. The predicted molar refractivity (Wildman–Crippen MR) is 41.8 cm³/mol. The fourth-order valence-corrected chi connectivity index (χ4v) is 1.21. The Morgan fingerprint density at radius 1 is 1.82 bits per heavy atom. The molecule has 1 rings (SSSR count). The van der Waals surface area contributed by atoms with Crippen LogP contribution in [0.15, 0.2) is 11.1 Å². The lowest BCUT2D eigenvalue weighted by molar-refractivity contribution is -0.115. The number of aliphatic hydroxyl groups excluding tert-OH is 1. The van der Waals surface area contributed by atoms with Gasteiger partial charge < -0.3 is 5.11 Å². The number of allylic oxidation sites excluding steroid dienone is 1. The quantitative estimate of drug-likeness (QED) is 0.557. The van der Waals surface area contributed by atoms with Crippen molar-refractivity contribution in [2.45, 2.75) is 25.9 Å². The van der Waals surface area contributed by atoms with Gasteiger partial charge in [0.1, 0.15) is 0 Å². The number of hydrogen-bond acceptors (Lipinski definition) is 2. The molecule has 0 fully saturated rings. The van der Waals surface area contributed by atoms with Gasteiger partial charge >= 0.3 is 0 Å². The summed E-state index contributed by atoms with van der Waals surface area (Å²) < 4.78 is 0. The van der Waals surface area contributed by atoms with Gasteiger partial charge in [0.15, 0.2) is 5.78 Å². The van der Waals surface area contributed by atoms with E-state index in [9.17, 15) is 9.90 Å². The van der Waals surface area contributed by atoms with Crippen molar-refractivity contribution >= 4 is 5.78 Å². The Bertz CT molecular complexity index is 255. The molecule has 2 heteroatoms. The largest absolute Gasteiger partial charge is 0.388 e. The average molecular weight is 150 g/mol. The molecule has 0 aromatic carbocycles. The van der Waals surface area contributed by atoms with Crippen LogP contribution in [0.2, 0.25) is 0 Å². The molecule has 1 atom stereocenters. The maximum atomic E-state index is 11.1. The van der Waals surface area contributed by atoms with E-state index < -0.39 is 6.10 Å². The predicted octanol–water partition coefficient (Wildman–Crippen LogP) is 0.660. The number of rotatable bonds is 1. The van der Waals surface area contributed by atoms with Gasteiger partial charge in [-0.1, -0.05) is 0 Å². The lowest BCUT2D eigenvalue weighted by atomic mass is 10.1. The molecule has 0 bridgehead atoms. The number of carbonyl (C=O) groups is 1. The number of hydrogen-bond donors (Lipinski definition) is 1. The molecule has 0 aromatic rings. The monoisotopic (exact) mass is 150 g/mol. The van der Waals surface area contributed by atoms with Crippen molar-refractivity contribution in [3.8, 4) is 12.3 Å². The van der Waals surface area contributed by atoms with Crippen LogP contribution in [-0.4, -0.2) is 17.0 Å². The van der Waals surface area contributed by atoms with Crippen LogP contribution < -0.4 is 0 Å². The van der Waals surface area contributed by atoms with Crippen molar-refractivity contribution < 1.29 is 9.90 Å². The van der Waals surface area contributed by atoms with Crippen LogP contribution in [0.4, 0.5) is 0 Å². The first-order valence-corrected chi connectivity index (χ1v) is 3.51. The third kappa shape index (κ3) is 1.33. The maximum Gasteiger partial charge on any atom is 0.162 e. The summed E-state index contributed by atoms with van der Waals surface area (Å²) in [5.74, 6) is 2.39. The Morgan fingerprint density at radius 2 is 2.45 bits per heavy atom. The summed E-state index contributed by atoms with van der Waals surface area (Å²) in [4.78, 5) is 11.1. The van der Waals surface area contributed by atoms with E-state index in [-0.39, 0.29) is 12.2 Å². The summed E-state index contributed by atoms with van der Waals surface area (Å²) in [6.45, 7) is 1.75. The molecular weight excluding hydrogens is 140 g/mol. The maximum absolute atomic E-state index is 11.1. The number of terminal acetylenes is 1. The fraction of sp³-hybridized carbons (Fsp3) is 0.444. The second kappa shape index (κ2) is 2.89. The molecule has 0 aliphatic heterocycles. The molecule has 1 N–H and O–H groups in total. The molecule has 0 radical (unpaired) electrons. The standard InChI is InChI=1S/C9H10O2/c1-3-4-7-6(2)8(10)5-9(7)11/h1,8,10H,4-5H2,2H3/t8-/m1/s1. The van der Waals surface area contributed by atoms with Gasteiger partial charge in [-0.15, -0.1) is 12.3 Å². The first-order chi connectivity index (χ1) is 5.16. The molecule has 0 amide bonds. The SMILES string of the molecule is C#CCC1=C(C)[C@H](O)CC1=O. The third-order valence-electron chi connectivity index (χ3n) is 1.97. The molecule has 0 heterocycles. The lowest BCUT2D eigenvalue weighted by Gasteiger charge is -1.99. The van der Waals surface area contributed by atoms with E-state index in [4.69, 9.17) is 6.42 Å². The van der Waals surface area contributed by atoms with Gasteiger partial charge in [0.2, 0.25) is 0 Å². The van der Waals surface area contributed by atoms with Gasteiger partial charge in [-0.25, -0.2) is 0 Å². The Balaban J connectivity index is 2.89. The van der Waals surface area contributed by atoms with E-state index in [1.54, 1.807) is 6.92 Å². The molecular formula is C9H10O2. The summed E-state index contributed by atoms with van der Waals surface area (Å²) in [7, 11) is 0. The van der Waals surface area contributed by atoms with Gasteiger partial charge in [-0.2, -0.15) is 0 Å². The molecule has 0 saturated carbocycles. The molecule has 2 nitrogen and oxygen atoms in total. The Morgan fingerprint density at radius 3 is 2.82 bits per heavy atom. The van der Waals surface area contributed by atoms with Crippen LogP contribution in [0.25, 0.3) is 0 Å². The Kier molecular flexibility index (Phi) is 2.11. The molecule has 0 aromatic heterocycles. The van der Waals surface area contributed by atoms with Crippen LogP contribution >= 0.6 is 0 Å². The highest BCUT2D eigenvalue weighted by atomic mass is 16.3. The Hall–Kier alpha value is -1.07. The van der Waals surface area contributed by atoms with E-state index in [1.807, 2.05) is 0 Å². The highest BCUT2D eigenvalue weighted by Crippen LogP contribution is 2.24. The van der Waals surface area contributed by atoms with E-state index in [0.717, 1.165) is 5.57 Å². The highest BCUT2D eigenvalue weighted by molar-refractivity contribution is 5.99. The van der Waals surface area contributed by atoms with Crippen LogP contribution in [0, 0.1) is 12.3 Å². The van der Waals surface area contributed by atoms with Crippen molar-refractivity contribution in [3.05, 3.63) is 11.1 Å². The summed E-state index contributed by atoms with van der Waals surface area (Å²) >= 11 is 0. The summed E-state index contributed by atoms with van der Waals surface area (Å²) in [5.41, 5.74) is 1.37. The van der Waals surface area contributed by atoms with Crippen molar-refractivity contribution in [3.63, 3.8) is 0 Å². The van der Waals surface area contributed by atoms with Crippen molar-refractivity contribution in [1.82, 2.24) is 0 Å². The van der Waals surface area contributed by atoms with Crippen molar-refractivity contribution in [2.24, 2.45) is 0 Å². The minimum atomic E-state index is -0.592. The average Bonchev–Trinajstić information content (AvgIpc) is 2.17. The number of aliphatic hydroxyl groups is 1. The van der Waals surface area contributed by atoms with Gasteiger partial charge in [0.25, 0.3) is 0 Å². The van der Waals surface area contributed by atoms with E-state index in [0.29, 0.717) is 12.0 Å². The second-order valence-electron chi connectivity index (χ2n) is 2.69. The normalized spacial score (nSPS) is 24.1. The second-order valence-corrected chi connectivity index (χ2v) is 2.69. The highest BCUT2D eigenvalue weighted by Gasteiger charge is 2.26. The molecule has 0 spiro atoms. The van der Waals surface area contributed by atoms with Crippen molar-refractivity contribution in [1.29, 1.82) is 0 Å². The zero-order valence-corrected chi connectivity index (χ0v) is 6.42. The van der Waals surface area contributed by atoms with Crippen LogP contribution in [0.3, 0.4) is 0 Å². The van der Waals surface area contributed by atoms with Gasteiger partial charge in [0.05, 0.1) is 6.10 Å². The lowest BCUT2D eigenvalue weighted by Crippen LogP contribution is -2.03. The minimum Gasteiger partial charge on any atom is -0.388 e. The zero-order valence-electron chi connectivity index (χ0n) is 6.42. The van der Waals surface area contributed by atoms with Gasteiger partial charge in [-0.3, -0.25) is 4.79 Å². The molecule has 0 unspecified atom stereocenters. The molecule has 0 saturated heterocycles. The number of ketones is 1. The molecule has 1 aliphatic rings. The third-order valence-corrected chi connectivity index (χ3v) is 1.97. The molecule has 1 aliphatic carbocycles. The van der Waals surface area contributed by atoms with E-state index in [2.05, 4.69) is 5.92 Å². The van der Waals surface area contributed by atoms with Gasteiger partial charge in [-0.05, 0) is 12.5 Å². The summed E-state index contributed by atoms with van der Waals surface area (Å²) in [5, 5.41) is 9.22. The number of carbonyl (C=O) groups excluding carboxylic acids is 1. The minimum absolute atomic E-state index is 0.00653. The fourth-order valence-electron chi connectivity index (χ4n) is 1.21. The summed E-state index contributed by atoms with van der Waals surface area (Å²) in [6, 6.07) is 0. The van der Waals surface area contributed by atoms with Crippen LogP contribution in [0.1, 0.15) is 19.8 Å². The topological polar surface area (TPSA) is 37.3 Å². The van der Waals surface area contributed by atoms with Gasteiger partial charge in [0, 0.05) is 18.4 Å². The Labute approximate surface area is 65.9 Å². The molecule has 11 heavy (non-hydrogen) atoms.